The van der Waals surface area contributed by atoms with Gasteiger partial charge in [0, 0.05) is 16.7 Å². The Morgan fingerprint density at radius 3 is 2.62 bits per heavy atom. The van der Waals surface area contributed by atoms with Crippen molar-refractivity contribution in [1.29, 1.82) is 0 Å². The second-order valence-electron chi connectivity index (χ2n) is 5.35. The van der Waals surface area contributed by atoms with Crippen LogP contribution < -0.4 is 16.0 Å². The van der Waals surface area contributed by atoms with Crippen molar-refractivity contribution in [2.75, 3.05) is 17.2 Å². The van der Waals surface area contributed by atoms with Gasteiger partial charge in [-0.05, 0) is 71.0 Å². The molecule has 0 unspecified atom stereocenters. The maximum Gasteiger partial charge on any atom is 0.256 e. The van der Waals surface area contributed by atoms with Crippen molar-refractivity contribution < 1.29 is 13.6 Å². The molecule has 0 spiro atoms. The van der Waals surface area contributed by atoms with Crippen molar-refractivity contribution in [3.8, 4) is 0 Å². The average Bonchev–Trinajstić information content (AvgIpc) is 2.58. The van der Waals surface area contributed by atoms with E-state index in [9.17, 15) is 13.6 Å². The molecule has 26 heavy (non-hydrogen) atoms. The molecule has 2 aromatic carbocycles. The van der Waals surface area contributed by atoms with Crippen LogP contribution in [0.5, 0.6) is 0 Å². The smallest absolute Gasteiger partial charge is 0.256 e. The van der Waals surface area contributed by atoms with Crippen molar-refractivity contribution in [2.45, 2.75) is 6.92 Å². The van der Waals surface area contributed by atoms with Crippen molar-refractivity contribution in [1.82, 2.24) is 5.32 Å². The monoisotopic (exact) mass is 439 g/mol. The lowest BCUT2D eigenvalue weighted by molar-refractivity contribution is 0.102. The van der Waals surface area contributed by atoms with Gasteiger partial charge in [-0.2, -0.15) is 0 Å². The summed E-state index contributed by atoms with van der Waals surface area (Å²) in [4.78, 5) is 12.5. The lowest BCUT2D eigenvalue weighted by atomic mass is 10.1. The second kappa shape index (κ2) is 8.86. The van der Waals surface area contributed by atoms with Gasteiger partial charge in [0.05, 0.1) is 11.3 Å². The summed E-state index contributed by atoms with van der Waals surface area (Å²) >= 11 is 8.23. The van der Waals surface area contributed by atoms with E-state index in [4.69, 9.17) is 12.2 Å². The number of benzene rings is 2. The SMILES string of the molecule is C=CCNC(=S)Nc1cc(C(=O)Nc2ccc(F)c(C)c2)c(Br)cc1F. The number of halogens is 3. The predicted octanol–water partition coefficient (Wildman–Crippen LogP) is 4.76. The van der Waals surface area contributed by atoms with Gasteiger partial charge in [0.25, 0.3) is 5.91 Å². The molecule has 136 valence electrons. The average molecular weight is 440 g/mol. The van der Waals surface area contributed by atoms with E-state index in [0.717, 1.165) is 0 Å². The Bertz CT molecular complexity index is 874. The molecule has 0 saturated carbocycles. The number of hydrogen-bond acceptors (Lipinski definition) is 2. The number of amides is 1. The molecule has 0 radical (unpaired) electrons. The summed E-state index contributed by atoms with van der Waals surface area (Å²) in [5.74, 6) is -1.41. The molecule has 0 heterocycles. The van der Waals surface area contributed by atoms with Gasteiger partial charge in [-0.15, -0.1) is 6.58 Å². The summed E-state index contributed by atoms with van der Waals surface area (Å²) in [6.45, 7) is 5.56. The van der Waals surface area contributed by atoms with Gasteiger partial charge in [0.15, 0.2) is 5.11 Å². The first-order valence-electron chi connectivity index (χ1n) is 7.54. The van der Waals surface area contributed by atoms with Gasteiger partial charge < -0.3 is 16.0 Å². The second-order valence-corrected chi connectivity index (χ2v) is 6.62. The summed E-state index contributed by atoms with van der Waals surface area (Å²) < 4.78 is 27.7. The molecule has 0 aliphatic rings. The molecular weight excluding hydrogens is 424 g/mol. The lowest BCUT2D eigenvalue weighted by Crippen LogP contribution is -2.29. The molecule has 0 atom stereocenters. The maximum atomic E-state index is 14.1. The van der Waals surface area contributed by atoms with Crippen LogP contribution in [0.3, 0.4) is 0 Å². The molecule has 4 nitrogen and oxygen atoms in total. The van der Waals surface area contributed by atoms with Crippen molar-refractivity contribution in [2.24, 2.45) is 0 Å². The molecular formula is C18H16BrF2N3OS. The van der Waals surface area contributed by atoms with Gasteiger partial charge >= 0.3 is 0 Å². The number of carbonyl (C=O) groups excluding carboxylic acids is 1. The molecule has 8 heteroatoms. The topological polar surface area (TPSA) is 53.2 Å². The summed E-state index contributed by atoms with van der Waals surface area (Å²) in [5, 5.41) is 8.36. The predicted molar refractivity (Wildman–Crippen MR) is 108 cm³/mol. The maximum absolute atomic E-state index is 14.1. The van der Waals surface area contributed by atoms with Crippen LogP contribution in [0.2, 0.25) is 0 Å². The van der Waals surface area contributed by atoms with Crippen LogP contribution in [-0.2, 0) is 0 Å². The highest BCUT2D eigenvalue weighted by molar-refractivity contribution is 9.10. The van der Waals surface area contributed by atoms with E-state index in [1.54, 1.807) is 13.0 Å². The Hall–Kier alpha value is -2.32. The van der Waals surface area contributed by atoms with Crippen LogP contribution in [0, 0.1) is 18.6 Å². The quantitative estimate of drug-likeness (QED) is 0.464. The summed E-state index contributed by atoms with van der Waals surface area (Å²) in [5.41, 5.74) is 1.09. The van der Waals surface area contributed by atoms with Crippen LogP contribution in [0.1, 0.15) is 15.9 Å². The molecule has 0 aliphatic carbocycles. The first-order chi connectivity index (χ1) is 12.3. The number of thiocarbonyl (C=S) groups is 1. The summed E-state index contributed by atoms with van der Waals surface area (Å²) in [7, 11) is 0. The molecule has 2 aromatic rings. The molecule has 3 N–H and O–H groups in total. The number of anilines is 2. The standard InChI is InChI=1S/C18H16BrF2N3OS/c1-3-6-22-18(26)24-16-8-12(13(19)9-15(16)21)17(25)23-11-4-5-14(20)10(2)7-11/h3-5,7-9H,1,6H2,2H3,(H,23,25)(H2,22,24,26). The van der Waals surface area contributed by atoms with E-state index >= 15 is 0 Å². The number of rotatable bonds is 5. The zero-order valence-corrected chi connectivity index (χ0v) is 16.2. The minimum Gasteiger partial charge on any atom is -0.359 e. The van der Waals surface area contributed by atoms with E-state index in [2.05, 4.69) is 38.5 Å². The number of nitrogens with one attached hydrogen (secondary N) is 3. The van der Waals surface area contributed by atoms with Gasteiger partial charge in [-0.25, -0.2) is 8.78 Å². The first kappa shape index (κ1) is 20.0. The summed E-state index contributed by atoms with van der Waals surface area (Å²) in [6.07, 6.45) is 1.61. The molecule has 0 aromatic heterocycles. The van der Waals surface area contributed by atoms with Gasteiger partial charge in [0.1, 0.15) is 11.6 Å². The molecule has 2 rings (SSSR count). The Morgan fingerprint density at radius 2 is 1.96 bits per heavy atom. The van der Waals surface area contributed by atoms with Crippen LogP contribution in [0.15, 0.2) is 47.5 Å². The van der Waals surface area contributed by atoms with Crippen molar-refractivity contribution >= 4 is 50.5 Å². The number of hydrogen-bond donors (Lipinski definition) is 3. The number of carbonyl (C=O) groups is 1. The summed E-state index contributed by atoms with van der Waals surface area (Å²) in [6, 6.07) is 6.74. The highest BCUT2D eigenvalue weighted by atomic mass is 79.9. The third-order valence-electron chi connectivity index (χ3n) is 3.37. The van der Waals surface area contributed by atoms with Gasteiger partial charge in [-0.3, -0.25) is 4.79 Å². The molecule has 0 fully saturated rings. The Kier molecular flexibility index (Phi) is 6.82. The largest absolute Gasteiger partial charge is 0.359 e. The first-order valence-corrected chi connectivity index (χ1v) is 8.74. The van der Waals surface area contributed by atoms with Gasteiger partial charge in [0.2, 0.25) is 0 Å². The fourth-order valence-electron chi connectivity index (χ4n) is 2.07. The third-order valence-corrected chi connectivity index (χ3v) is 4.27. The van der Waals surface area contributed by atoms with Crippen molar-refractivity contribution in [3.63, 3.8) is 0 Å². The van der Waals surface area contributed by atoms with Crippen LogP contribution >= 0.6 is 28.1 Å². The lowest BCUT2D eigenvalue weighted by Gasteiger charge is -2.13. The zero-order chi connectivity index (χ0) is 19.3. The van der Waals surface area contributed by atoms with Crippen LogP contribution in [-0.4, -0.2) is 17.6 Å². The van der Waals surface area contributed by atoms with E-state index in [-0.39, 0.29) is 26.7 Å². The van der Waals surface area contributed by atoms with Crippen LogP contribution in [0.4, 0.5) is 20.2 Å². The van der Waals surface area contributed by atoms with Crippen LogP contribution in [0.25, 0.3) is 0 Å². The van der Waals surface area contributed by atoms with E-state index in [0.29, 0.717) is 17.8 Å². The van der Waals surface area contributed by atoms with Gasteiger partial charge in [-0.1, -0.05) is 6.08 Å². The molecule has 1 amide bonds. The molecule has 0 saturated heterocycles. The Labute approximate surface area is 163 Å². The zero-order valence-electron chi connectivity index (χ0n) is 13.8. The minimum absolute atomic E-state index is 0.0511. The number of aryl methyl sites for hydroxylation is 1. The molecule has 0 aliphatic heterocycles. The van der Waals surface area contributed by atoms with E-state index in [1.807, 2.05) is 0 Å². The van der Waals surface area contributed by atoms with E-state index < -0.39 is 11.7 Å². The Morgan fingerprint density at radius 1 is 1.23 bits per heavy atom. The third kappa shape index (κ3) is 5.09. The highest BCUT2D eigenvalue weighted by Crippen LogP contribution is 2.26. The molecule has 0 bridgehead atoms. The fraction of sp³-hybridized carbons (Fsp3) is 0.111. The highest BCUT2D eigenvalue weighted by Gasteiger charge is 2.16. The Balaban J connectivity index is 2.23. The minimum atomic E-state index is -0.575. The normalized spacial score (nSPS) is 10.2. The van der Waals surface area contributed by atoms with E-state index in [1.165, 1.54) is 30.3 Å². The van der Waals surface area contributed by atoms with Crippen molar-refractivity contribution in [3.05, 3.63) is 70.2 Å². The fourth-order valence-corrected chi connectivity index (χ4v) is 2.76.